The van der Waals surface area contributed by atoms with Gasteiger partial charge in [0.25, 0.3) is 5.69 Å². The van der Waals surface area contributed by atoms with Crippen LogP contribution in [0.1, 0.15) is 27.2 Å². The lowest BCUT2D eigenvalue weighted by Gasteiger charge is -2.21. The van der Waals surface area contributed by atoms with Crippen molar-refractivity contribution in [1.29, 1.82) is 0 Å². The van der Waals surface area contributed by atoms with Crippen LogP contribution in [0, 0.1) is 16.0 Å². The third-order valence-electron chi connectivity index (χ3n) is 3.57. The molecule has 0 spiro atoms. The maximum absolute atomic E-state index is 11.1. The highest BCUT2D eigenvalue weighted by Crippen LogP contribution is 2.41. The monoisotopic (exact) mass is 266 g/mol. The van der Waals surface area contributed by atoms with Crippen molar-refractivity contribution in [3.8, 4) is 11.5 Å². The summed E-state index contributed by atoms with van der Waals surface area (Å²) in [5, 5.41) is 14.3. The van der Waals surface area contributed by atoms with Crippen LogP contribution in [0.25, 0.3) is 0 Å². The van der Waals surface area contributed by atoms with E-state index in [9.17, 15) is 10.1 Å². The van der Waals surface area contributed by atoms with E-state index >= 15 is 0 Å². The van der Waals surface area contributed by atoms with E-state index in [0.717, 1.165) is 6.42 Å². The van der Waals surface area contributed by atoms with Crippen molar-refractivity contribution in [2.24, 2.45) is 5.92 Å². The summed E-state index contributed by atoms with van der Waals surface area (Å²) in [6.45, 7) is 6.33. The van der Waals surface area contributed by atoms with Gasteiger partial charge in [-0.15, -0.1) is 0 Å². The molecule has 1 aromatic carbocycles. The Hall–Kier alpha value is -1.98. The summed E-state index contributed by atoms with van der Waals surface area (Å²) in [5.41, 5.74) is 0.487. The first-order chi connectivity index (χ1) is 9.02. The molecule has 0 saturated carbocycles. The third kappa shape index (κ3) is 2.72. The maximum atomic E-state index is 11.1. The van der Waals surface area contributed by atoms with Gasteiger partial charge >= 0.3 is 0 Å². The molecule has 2 atom stereocenters. The van der Waals surface area contributed by atoms with Crippen LogP contribution in [0.2, 0.25) is 0 Å². The summed E-state index contributed by atoms with van der Waals surface area (Å²) in [6, 6.07) is 3.19. The zero-order chi connectivity index (χ0) is 14.0. The maximum Gasteiger partial charge on any atom is 0.296 e. The van der Waals surface area contributed by atoms with Crippen LogP contribution < -0.4 is 14.8 Å². The fourth-order valence-electron chi connectivity index (χ4n) is 1.94. The van der Waals surface area contributed by atoms with Crippen molar-refractivity contribution >= 4 is 11.4 Å². The number of rotatable bonds is 5. The quantitative estimate of drug-likeness (QED) is 0.654. The summed E-state index contributed by atoms with van der Waals surface area (Å²) >= 11 is 0. The van der Waals surface area contributed by atoms with Gasteiger partial charge in [-0.3, -0.25) is 10.1 Å². The molecule has 1 N–H and O–H groups in total. The number of hydrogen-bond donors (Lipinski definition) is 1. The van der Waals surface area contributed by atoms with Crippen LogP contribution in [0.5, 0.6) is 11.5 Å². The number of nitro groups is 1. The standard InChI is InChI=1S/C13H18N2O4/c1-4-8(2)9(3)14-10-5-12-13(19-7-18-12)6-11(10)15(16)17/h5-6,8-9,14H,4,7H2,1-3H3. The number of hydrogen-bond acceptors (Lipinski definition) is 5. The van der Waals surface area contributed by atoms with Gasteiger partial charge in [0.1, 0.15) is 5.69 Å². The van der Waals surface area contributed by atoms with Crippen molar-refractivity contribution in [3.63, 3.8) is 0 Å². The fraction of sp³-hybridized carbons (Fsp3) is 0.538. The molecule has 0 fully saturated rings. The fourth-order valence-corrected chi connectivity index (χ4v) is 1.94. The van der Waals surface area contributed by atoms with Gasteiger partial charge in [-0.1, -0.05) is 20.3 Å². The van der Waals surface area contributed by atoms with Crippen molar-refractivity contribution in [1.82, 2.24) is 0 Å². The molecule has 104 valence electrons. The van der Waals surface area contributed by atoms with Crippen LogP contribution in [0.3, 0.4) is 0 Å². The molecule has 6 nitrogen and oxygen atoms in total. The number of fused-ring (bicyclic) bond motifs is 1. The lowest BCUT2D eigenvalue weighted by atomic mass is 10.0. The SMILES string of the molecule is CCC(C)C(C)Nc1cc2c(cc1[N+](=O)[O-])OCO2. The molecule has 0 bridgehead atoms. The topological polar surface area (TPSA) is 73.6 Å². The van der Waals surface area contributed by atoms with E-state index < -0.39 is 4.92 Å². The molecule has 2 rings (SSSR count). The second-order valence-electron chi connectivity index (χ2n) is 4.80. The van der Waals surface area contributed by atoms with Crippen LogP contribution in [-0.2, 0) is 0 Å². The molecule has 0 aliphatic carbocycles. The third-order valence-corrected chi connectivity index (χ3v) is 3.57. The van der Waals surface area contributed by atoms with Crippen LogP contribution >= 0.6 is 0 Å². The molecule has 19 heavy (non-hydrogen) atoms. The van der Waals surface area contributed by atoms with E-state index in [2.05, 4.69) is 19.2 Å². The number of benzene rings is 1. The van der Waals surface area contributed by atoms with Gasteiger partial charge in [-0.25, -0.2) is 0 Å². The smallest absolute Gasteiger partial charge is 0.296 e. The number of nitro benzene ring substituents is 1. The second kappa shape index (κ2) is 5.34. The van der Waals surface area contributed by atoms with Crippen molar-refractivity contribution < 1.29 is 14.4 Å². The number of nitrogens with one attached hydrogen (secondary N) is 1. The van der Waals surface area contributed by atoms with Gasteiger partial charge in [0.15, 0.2) is 11.5 Å². The largest absolute Gasteiger partial charge is 0.454 e. The average molecular weight is 266 g/mol. The molecular formula is C13H18N2O4. The zero-order valence-electron chi connectivity index (χ0n) is 11.3. The van der Waals surface area contributed by atoms with Gasteiger partial charge in [-0.2, -0.15) is 0 Å². The molecule has 6 heteroatoms. The normalized spacial score (nSPS) is 15.9. The highest BCUT2D eigenvalue weighted by atomic mass is 16.7. The van der Waals surface area contributed by atoms with Gasteiger partial charge in [0, 0.05) is 12.1 Å². The highest BCUT2D eigenvalue weighted by Gasteiger charge is 2.24. The van der Waals surface area contributed by atoms with Crippen LogP contribution in [-0.4, -0.2) is 17.8 Å². The predicted molar refractivity (Wildman–Crippen MR) is 71.8 cm³/mol. The Bertz CT molecular complexity index is 490. The predicted octanol–water partition coefficient (Wildman–Crippen LogP) is 3.17. The first-order valence-electron chi connectivity index (χ1n) is 6.37. The first-order valence-corrected chi connectivity index (χ1v) is 6.37. The van der Waals surface area contributed by atoms with E-state index in [-0.39, 0.29) is 18.5 Å². The Morgan fingerprint density at radius 3 is 2.58 bits per heavy atom. The Morgan fingerprint density at radius 1 is 1.37 bits per heavy atom. The number of anilines is 1. The molecule has 0 radical (unpaired) electrons. The molecule has 2 unspecified atom stereocenters. The molecule has 0 amide bonds. The molecular weight excluding hydrogens is 248 g/mol. The Labute approximate surface area is 111 Å². The minimum absolute atomic E-state index is 0.0133. The molecule has 0 saturated heterocycles. The van der Waals surface area contributed by atoms with E-state index in [4.69, 9.17) is 9.47 Å². The van der Waals surface area contributed by atoms with Gasteiger partial charge in [-0.05, 0) is 12.8 Å². The molecule has 1 aliphatic heterocycles. The molecule has 1 aromatic rings. The Balaban J connectivity index is 2.30. The zero-order valence-corrected chi connectivity index (χ0v) is 11.3. The minimum atomic E-state index is -0.409. The van der Waals surface area contributed by atoms with Crippen LogP contribution in [0.4, 0.5) is 11.4 Å². The highest BCUT2D eigenvalue weighted by molar-refractivity contribution is 5.69. The van der Waals surface area contributed by atoms with Crippen molar-refractivity contribution in [2.45, 2.75) is 33.2 Å². The van der Waals surface area contributed by atoms with Gasteiger partial charge in [0.2, 0.25) is 6.79 Å². The Kier molecular flexibility index (Phi) is 3.78. The van der Waals surface area contributed by atoms with E-state index in [1.165, 1.54) is 6.07 Å². The molecule has 1 heterocycles. The number of ether oxygens (including phenoxy) is 2. The first kappa shape index (κ1) is 13.5. The van der Waals surface area contributed by atoms with Gasteiger partial charge in [0.05, 0.1) is 11.0 Å². The summed E-state index contributed by atoms with van der Waals surface area (Å²) in [4.78, 5) is 10.7. The summed E-state index contributed by atoms with van der Waals surface area (Å²) in [5.74, 6) is 1.39. The van der Waals surface area contributed by atoms with Crippen molar-refractivity contribution in [3.05, 3.63) is 22.2 Å². The second-order valence-corrected chi connectivity index (χ2v) is 4.80. The summed E-state index contributed by atoms with van der Waals surface area (Å²) in [7, 11) is 0. The molecule has 1 aliphatic rings. The van der Waals surface area contributed by atoms with Gasteiger partial charge < -0.3 is 14.8 Å². The van der Waals surface area contributed by atoms with E-state index in [1.807, 2.05) is 6.92 Å². The van der Waals surface area contributed by atoms with E-state index in [1.54, 1.807) is 6.07 Å². The summed E-state index contributed by atoms with van der Waals surface area (Å²) in [6.07, 6.45) is 1.01. The molecule has 0 aromatic heterocycles. The lowest BCUT2D eigenvalue weighted by Crippen LogP contribution is -2.23. The van der Waals surface area contributed by atoms with E-state index in [0.29, 0.717) is 23.1 Å². The number of nitrogens with zero attached hydrogens (tertiary/aromatic N) is 1. The Morgan fingerprint density at radius 2 is 2.00 bits per heavy atom. The van der Waals surface area contributed by atoms with Crippen LogP contribution in [0.15, 0.2) is 12.1 Å². The average Bonchev–Trinajstić information content (AvgIpc) is 2.83. The minimum Gasteiger partial charge on any atom is -0.454 e. The lowest BCUT2D eigenvalue weighted by molar-refractivity contribution is -0.384. The summed E-state index contributed by atoms with van der Waals surface area (Å²) < 4.78 is 10.4. The van der Waals surface area contributed by atoms with Crippen molar-refractivity contribution in [2.75, 3.05) is 12.1 Å².